The maximum atomic E-state index is 12.5. The van der Waals surface area contributed by atoms with Crippen molar-refractivity contribution in [1.29, 1.82) is 0 Å². The molecule has 1 aliphatic carbocycles. The van der Waals surface area contributed by atoms with E-state index in [2.05, 4.69) is 10.2 Å². The molecule has 1 saturated heterocycles. The van der Waals surface area contributed by atoms with Crippen LogP contribution in [-0.2, 0) is 0 Å². The summed E-state index contributed by atoms with van der Waals surface area (Å²) < 4.78 is 6.18. The first-order valence-electron chi connectivity index (χ1n) is 9.69. The number of rotatable bonds is 6. The predicted octanol–water partition coefficient (Wildman–Crippen LogP) is 3.24. The van der Waals surface area contributed by atoms with E-state index in [-0.39, 0.29) is 24.7 Å². The van der Waals surface area contributed by atoms with E-state index >= 15 is 0 Å². The van der Waals surface area contributed by atoms with Crippen molar-refractivity contribution in [2.24, 2.45) is 0 Å². The maximum absolute atomic E-state index is 12.5. The molecule has 26 heavy (non-hydrogen) atoms. The monoisotopic (exact) mass is 380 g/mol. The van der Waals surface area contributed by atoms with Crippen LogP contribution in [0.5, 0.6) is 5.75 Å². The molecule has 5 nitrogen and oxygen atoms in total. The Bertz CT molecular complexity index is 611. The number of hydrogen-bond acceptors (Lipinski definition) is 4. The van der Waals surface area contributed by atoms with Gasteiger partial charge in [-0.25, -0.2) is 0 Å². The summed E-state index contributed by atoms with van der Waals surface area (Å²) in [4.78, 5) is 15.1. The van der Waals surface area contributed by atoms with Gasteiger partial charge in [0.05, 0.1) is 12.2 Å². The Morgan fingerprint density at radius 1 is 1.31 bits per heavy atom. The van der Waals surface area contributed by atoms with Crippen molar-refractivity contribution in [3.05, 3.63) is 28.8 Å². The van der Waals surface area contributed by atoms with Crippen LogP contribution in [0.15, 0.2) is 18.2 Å². The van der Waals surface area contributed by atoms with Crippen LogP contribution in [0.4, 0.5) is 0 Å². The van der Waals surface area contributed by atoms with Crippen LogP contribution in [0.1, 0.15) is 55.8 Å². The van der Waals surface area contributed by atoms with Crippen LogP contribution in [0.2, 0.25) is 5.02 Å². The highest BCUT2D eigenvalue weighted by Gasteiger charge is 2.28. The van der Waals surface area contributed by atoms with E-state index < -0.39 is 0 Å². The standard InChI is InChI=1S/C20H29ClN2O3/c1-14(13-24)22-20(25)18-12-15(21)6-7-19(18)26-17-8-10-23(11-9-17)16-4-2-3-5-16/h6-7,12,14,16-17,24H,2-5,8-11,13H2,1H3,(H,22,25)/t14-/m1/s1. The number of ether oxygens (including phenoxy) is 1. The Labute approximate surface area is 160 Å². The number of aliphatic hydroxyl groups is 1. The van der Waals surface area contributed by atoms with Gasteiger partial charge in [0.25, 0.3) is 5.91 Å². The molecule has 1 amide bonds. The molecule has 6 heteroatoms. The van der Waals surface area contributed by atoms with Gasteiger partial charge in [0.2, 0.25) is 0 Å². The Morgan fingerprint density at radius 3 is 2.65 bits per heavy atom. The van der Waals surface area contributed by atoms with E-state index in [1.54, 1.807) is 25.1 Å². The zero-order valence-corrected chi connectivity index (χ0v) is 16.2. The van der Waals surface area contributed by atoms with E-state index in [0.29, 0.717) is 16.3 Å². The molecule has 3 rings (SSSR count). The second kappa shape index (κ2) is 9.07. The summed E-state index contributed by atoms with van der Waals surface area (Å²) in [6, 6.07) is 5.59. The zero-order valence-electron chi connectivity index (χ0n) is 15.4. The van der Waals surface area contributed by atoms with Gasteiger partial charge in [0, 0.05) is 30.2 Å². The van der Waals surface area contributed by atoms with Crippen molar-refractivity contribution in [3.63, 3.8) is 0 Å². The molecule has 0 bridgehead atoms. The molecular formula is C20H29ClN2O3. The first-order valence-corrected chi connectivity index (χ1v) is 10.1. The Kier molecular flexibility index (Phi) is 6.79. The van der Waals surface area contributed by atoms with Crippen LogP contribution >= 0.6 is 11.6 Å². The molecule has 1 aliphatic heterocycles. The largest absolute Gasteiger partial charge is 0.489 e. The predicted molar refractivity (Wildman–Crippen MR) is 103 cm³/mol. The zero-order chi connectivity index (χ0) is 18.5. The van der Waals surface area contributed by atoms with E-state index in [1.165, 1.54) is 25.7 Å². The van der Waals surface area contributed by atoms with Gasteiger partial charge in [-0.15, -0.1) is 0 Å². The summed E-state index contributed by atoms with van der Waals surface area (Å²) in [6.07, 6.45) is 7.45. The maximum Gasteiger partial charge on any atom is 0.255 e. The molecule has 1 heterocycles. The fourth-order valence-corrected chi connectivity index (χ4v) is 4.11. The number of hydrogen-bond donors (Lipinski definition) is 2. The third-order valence-electron chi connectivity index (χ3n) is 5.45. The van der Waals surface area contributed by atoms with Crippen LogP contribution < -0.4 is 10.1 Å². The summed E-state index contributed by atoms with van der Waals surface area (Å²) in [5, 5.41) is 12.4. The number of carbonyl (C=O) groups excluding carboxylic acids is 1. The average molecular weight is 381 g/mol. The van der Waals surface area contributed by atoms with Gasteiger partial charge in [-0.1, -0.05) is 24.4 Å². The minimum atomic E-state index is -0.316. The van der Waals surface area contributed by atoms with Gasteiger partial charge >= 0.3 is 0 Å². The highest BCUT2D eigenvalue weighted by molar-refractivity contribution is 6.31. The minimum Gasteiger partial charge on any atom is -0.489 e. The van der Waals surface area contributed by atoms with Gasteiger partial charge in [-0.2, -0.15) is 0 Å². The number of benzene rings is 1. The summed E-state index contributed by atoms with van der Waals surface area (Å²) in [5.41, 5.74) is 0.427. The number of amides is 1. The molecule has 0 radical (unpaired) electrons. The third kappa shape index (κ3) is 4.90. The minimum absolute atomic E-state index is 0.109. The molecule has 2 aliphatic rings. The van der Waals surface area contributed by atoms with Crippen LogP contribution in [-0.4, -0.2) is 53.8 Å². The normalized spacial score (nSPS) is 20.9. The smallest absolute Gasteiger partial charge is 0.255 e. The van der Waals surface area contributed by atoms with Gasteiger partial charge in [0.1, 0.15) is 11.9 Å². The number of likely N-dealkylation sites (tertiary alicyclic amines) is 1. The Hall–Kier alpha value is -1.30. The lowest BCUT2D eigenvalue weighted by Crippen LogP contribution is -2.43. The van der Waals surface area contributed by atoms with Crippen molar-refractivity contribution in [1.82, 2.24) is 10.2 Å². The lowest BCUT2D eigenvalue weighted by atomic mass is 10.0. The topological polar surface area (TPSA) is 61.8 Å². The molecule has 1 aromatic rings. The van der Waals surface area contributed by atoms with Gasteiger partial charge in [-0.3, -0.25) is 4.79 Å². The summed E-state index contributed by atoms with van der Waals surface area (Å²) in [6.45, 7) is 3.77. The van der Waals surface area contributed by atoms with E-state index in [0.717, 1.165) is 32.0 Å². The quantitative estimate of drug-likeness (QED) is 0.795. The molecule has 0 spiro atoms. The molecular weight excluding hydrogens is 352 g/mol. The van der Waals surface area contributed by atoms with Gasteiger partial charge in [-0.05, 0) is 50.8 Å². The second-order valence-corrected chi connectivity index (χ2v) is 7.93. The SMILES string of the molecule is C[C@H](CO)NC(=O)c1cc(Cl)ccc1OC1CCN(C2CCCC2)CC1. The van der Waals surface area contributed by atoms with Crippen molar-refractivity contribution < 1.29 is 14.6 Å². The molecule has 144 valence electrons. The number of nitrogens with zero attached hydrogens (tertiary/aromatic N) is 1. The van der Waals surface area contributed by atoms with Gasteiger partial charge < -0.3 is 20.1 Å². The molecule has 2 fully saturated rings. The number of nitrogens with one attached hydrogen (secondary N) is 1. The van der Waals surface area contributed by atoms with E-state index in [1.807, 2.05) is 0 Å². The molecule has 1 atom stereocenters. The highest BCUT2D eigenvalue weighted by Crippen LogP contribution is 2.29. The lowest BCUT2D eigenvalue weighted by molar-refractivity contribution is 0.0747. The van der Waals surface area contributed by atoms with E-state index in [4.69, 9.17) is 21.4 Å². The number of halogens is 1. The first-order chi connectivity index (χ1) is 12.6. The second-order valence-electron chi connectivity index (χ2n) is 7.49. The van der Waals surface area contributed by atoms with Crippen molar-refractivity contribution >= 4 is 17.5 Å². The highest BCUT2D eigenvalue weighted by atomic mass is 35.5. The fourth-order valence-electron chi connectivity index (χ4n) is 3.94. The Balaban J connectivity index is 1.61. The molecule has 1 aromatic carbocycles. The molecule has 0 unspecified atom stereocenters. The average Bonchev–Trinajstić information content (AvgIpc) is 3.18. The molecule has 1 saturated carbocycles. The van der Waals surface area contributed by atoms with Gasteiger partial charge in [0.15, 0.2) is 0 Å². The van der Waals surface area contributed by atoms with Crippen LogP contribution in [0.3, 0.4) is 0 Å². The van der Waals surface area contributed by atoms with Crippen molar-refractivity contribution in [2.45, 2.75) is 63.6 Å². The third-order valence-corrected chi connectivity index (χ3v) is 5.68. The number of aliphatic hydroxyl groups excluding tert-OH is 1. The van der Waals surface area contributed by atoms with Crippen molar-refractivity contribution in [2.75, 3.05) is 19.7 Å². The van der Waals surface area contributed by atoms with Crippen LogP contribution in [0.25, 0.3) is 0 Å². The first kappa shape index (κ1) is 19.5. The summed E-state index contributed by atoms with van der Waals surface area (Å²) >= 11 is 6.07. The number of piperidine rings is 1. The summed E-state index contributed by atoms with van der Waals surface area (Å²) in [7, 11) is 0. The summed E-state index contributed by atoms with van der Waals surface area (Å²) in [5.74, 6) is 0.295. The van der Waals surface area contributed by atoms with Crippen LogP contribution in [0, 0.1) is 0 Å². The molecule has 2 N–H and O–H groups in total. The lowest BCUT2D eigenvalue weighted by Gasteiger charge is -2.36. The van der Waals surface area contributed by atoms with E-state index in [9.17, 15) is 4.79 Å². The van der Waals surface area contributed by atoms with Crippen molar-refractivity contribution in [3.8, 4) is 5.75 Å². The Morgan fingerprint density at radius 2 is 2.00 bits per heavy atom. The fraction of sp³-hybridized carbons (Fsp3) is 0.650. The number of carbonyl (C=O) groups is 1. The molecule has 0 aromatic heterocycles.